The first kappa shape index (κ1) is 8.80. The van der Waals surface area contributed by atoms with Crippen LogP contribution in [0.1, 0.15) is 5.69 Å². The van der Waals surface area contributed by atoms with Crippen molar-refractivity contribution in [1.29, 1.82) is 0 Å². The summed E-state index contributed by atoms with van der Waals surface area (Å²) < 4.78 is 1.96. The maximum Gasteiger partial charge on any atom is 0.0881 e. The van der Waals surface area contributed by atoms with Crippen LogP contribution in [0, 0.1) is 0 Å². The van der Waals surface area contributed by atoms with Gasteiger partial charge < -0.3 is 5.32 Å². The number of nitrogens with zero attached hydrogens (tertiary/aromatic N) is 2. The quantitative estimate of drug-likeness (QED) is 0.738. The molecular formula is C11H10ClN3. The lowest BCUT2D eigenvalue weighted by Gasteiger charge is -2.08. The van der Waals surface area contributed by atoms with Crippen LogP contribution in [0.25, 0.3) is 5.69 Å². The Kier molecular flexibility index (Phi) is 1.92. The second-order valence-electron chi connectivity index (χ2n) is 3.57. The number of aromatic nitrogens is 2. The highest BCUT2D eigenvalue weighted by Crippen LogP contribution is 2.27. The summed E-state index contributed by atoms with van der Waals surface area (Å²) in [5.74, 6) is 0. The van der Waals surface area contributed by atoms with E-state index in [1.807, 2.05) is 35.1 Å². The molecule has 0 saturated heterocycles. The summed E-state index contributed by atoms with van der Waals surface area (Å²) in [6.45, 7) is 0.916. The summed E-state index contributed by atoms with van der Waals surface area (Å²) in [5, 5.41) is 8.42. The Bertz CT molecular complexity index is 504. The van der Waals surface area contributed by atoms with Crippen molar-refractivity contribution in [3.8, 4) is 5.69 Å². The van der Waals surface area contributed by atoms with Crippen molar-refractivity contribution in [3.63, 3.8) is 0 Å². The van der Waals surface area contributed by atoms with E-state index in [0.717, 1.165) is 29.4 Å². The van der Waals surface area contributed by atoms with E-state index in [-0.39, 0.29) is 0 Å². The minimum atomic E-state index is 0.747. The minimum Gasteiger partial charge on any atom is -0.383 e. The molecule has 15 heavy (non-hydrogen) atoms. The fourth-order valence-electron chi connectivity index (χ4n) is 1.90. The predicted molar refractivity (Wildman–Crippen MR) is 60.8 cm³/mol. The van der Waals surface area contributed by atoms with Gasteiger partial charge in [0.25, 0.3) is 0 Å². The Hall–Kier alpha value is -1.48. The summed E-state index contributed by atoms with van der Waals surface area (Å²) >= 11 is 5.96. The topological polar surface area (TPSA) is 29.9 Å². The molecule has 0 atom stereocenters. The van der Waals surface area contributed by atoms with Crippen LogP contribution < -0.4 is 5.32 Å². The molecule has 0 saturated carbocycles. The molecular weight excluding hydrogens is 210 g/mol. The molecule has 0 amide bonds. The van der Waals surface area contributed by atoms with Gasteiger partial charge in [-0.1, -0.05) is 11.6 Å². The molecule has 0 fully saturated rings. The molecule has 0 spiro atoms. The average Bonchev–Trinajstić information content (AvgIpc) is 2.61. The van der Waals surface area contributed by atoms with Crippen molar-refractivity contribution >= 4 is 17.3 Å². The molecule has 1 aromatic carbocycles. The highest BCUT2D eigenvalue weighted by Gasteiger charge is 2.13. The number of hydrogen-bond acceptors (Lipinski definition) is 2. The molecule has 4 heteroatoms. The van der Waals surface area contributed by atoms with Gasteiger partial charge in [-0.15, -0.1) is 0 Å². The second kappa shape index (κ2) is 3.28. The Morgan fingerprint density at radius 1 is 1.33 bits per heavy atom. The molecule has 0 bridgehead atoms. The van der Waals surface area contributed by atoms with E-state index >= 15 is 0 Å². The summed E-state index contributed by atoms with van der Waals surface area (Å²) in [6, 6.07) is 7.87. The zero-order valence-electron chi connectivity index (χ0n) is 8.07. The Labute approximate surface area is 92.7 Å². The van der Waals surface area contributed by atoms with Crippen molar-refractivity contribution < 1.29 is 0 Å². The fraction of sp³-hybridized carbons (Fsp3) is 0.182. The van der Waals surface area contributed by atoms with Crippen molar-refractivity contribution in [1.82, 2.24) is 9.78 Å². The van der Waals surface area contributed by atoms with Crippen LogP contribution >= 0.6 is 11.6 Å². The minimum absolute atomic E-state index is 0.747. The van der Waals surface area contributed by atoms with Crippen LogP contribution in [-0.2, 0) is 6.42 Å². The largest absolute Gasteiger partial charge is 0.383 e. The first-order valence-electron chi connectivity index (χ1n) is 4.91. The van der Waals surface area contributed by atoms with E-state index in [1.165, 1.54) is 5.69 Å². The van der Waals surface area contributed by atoms with Crippen LogP contribution in [-0.4, -0.2) is 16.3 Å². The molecule has 0 aliphatic carbocycles. The number of anilines is 1. The van der Waals surface area contributed by atoms with Crippen molar-refractivity contribution in [2.75, 3.05) is 11.9 Å². The lowest BCUT2D eigenvalue weighted by atomic mass is 10.2. The summed E-state index contributed by atoms with van der Waals surface area (Å²) in [7, 11) is 0. The monoisotopic (exact) mass is 219 g/mol. The van der Waals surface area contributed by atoms with Gasteiger partial charge in [0.2, 0.25) is 0 Å². The highest BCUT2D eigenvalue weighted by atomic mass is 35.5. The molecule has 0 radical (unpaired) electrons. The van der Waals surface area contributed by atoms with Gasteiger partial charge in [0, 0.05) is 29.9 Å². The molecule has 1 aliphatic heterocycles. The molecule has 2 aromatic rings. The zero-order valence-corrected chi connectivity index (χ0v) is 8.83. The third kappa shape index (κ3) is 1.39. The van der Waals surface area contributed by atoms with Crippen LogP contribution in [0.15, 0.2) is 30.5 Å². The predicted octanol–water partition coefficient (Wildman–Crippen LogP) is 2.49. The molecule has 76 valence electrons. The van der Waals surface area contributed by atoms with Gasteiger partial charge in [-0.3, -0.25) is 0 Å². The van der Waals surface area contributed by atoms with Crippen molar-refractivity contribution in [2.45, 2.75) is 6.42 Å². The van der Waals surface area contributed by atoms with Crippen LogP contribution in [0.4, 0.5) is 5.69 Å². The van der Waals surface area contributed by atoms with Gasteiger partial charge in [0.15, 0.2) is 0 Å². The highest BCUT2D eigenvalue weighted by molar-refractivity contribution is 6.31. The molecule has 3 rings (SSSR count). The van der Waals surface area contributed by atoms with Crippen LogP contribution in [0.2, 0.25) is 5.02 Å². The number of rotatable bonds is 0. The van der Waals surface area contributed by atoms with Gasteiger partial charge >= 0.3 is 0 Å². The number of hydrogen-bond donors (Lipinski definition) is 1. The van der Waals surface area contributed by atoms with Crippen molar-refractivity contribution in [2.24, 2.45) is 0 Å². The Morgan fingerprint density at radius 2 is 2.27 bits per heavy atom. The Morgan fingerprint density at radius 3 is 3.20 bits per heavy atom. The molecule has 1 aromatic heterocycles. The average molecular weight is 220 g/mol. The van der Waals surface area contributed by atoms with Crippen molar-refractivity contribution in [3.05, 3.63) is 41.2 Å². The van der Waals surface area contributed by atoms with Gasteiger partial charge in [-0.25, -0.2) is 4.68 Å². The molecule has 3 nitrogen and oxygen atoms in total. The van der Waals surface area contributed by atoms with E-state index in [4.69, 9.17) is 11.6 Å². The molecule has 2 heterocycles. The number of benzene rings is 1. The summed E-state index contributed by atoms with van der Waals surface area (Å²) in [4.78, 5) is 0. The van der Waals surface area contributed by atoms with Crippen LogP contribution in [0.5, 0.6) is 0 Å². The maximum absolute atomic E-state index is 5.96. The third-order valence-electron chi connectivity index (χ3n) is 2.60. The SMILES string of the molecule is Clc1ccc2c(c1)NCCc1ccnn1-2. The van der Waals surface area contributed by atoms with Crippen LogP contribution in [0.3, 0.4) is 0 Å². The molecule has 0 unspecified atom stereocenters. The summed E-state index contributed by atoms with van der Waals surface area (Å²) in [5.41, 5.74) is 3.34. The van der Waals surface area contributed by atoms with Gasteiger partial charge in [0.1, 0.15) is 0 Å². The van der Waals surface area contributed by atoms with E-state index in [0.29, 0.717) is 0 Å². The van der Waals surface area contributed by atoms with E-state index in [2.05, 4.69) is 10.4 Å². The lowest BCUT2D eigenvalue weighted by molar-refractivity contribution is 0.820. The smallest absolute Gasteiger partial charge is 0.0881 e. The number of halogens is 1. The van der Waals surface area contributed by atoms with E-state index in [1.54, 1.807) is 0 Å². The maximum atomic E-state index is 5.96. The third-order valence-corrected chi connectivity index (χ3v) is 2.84. The molecule has 1 N–H and O–H groups in total. The van der Waals surface area contributed by atoms with E-state index in [9.17, 15) is 0 Å². The Balaban J connectivity index is 2.25. The summed E-state index contributed by atoms with van der Waals surface area (Å²) in [6.07, 6.45) is 2.81. The lowest BCUT2D eigenvalue weighted by Crippen LogP contribution is -2.01. The fourth-order valence-corrected chi connectivity index (χ4v) is 2.07. The zero-order chi connectivity index (χ0) is 10.3. The number of fused-ring (bicyclic) bond motifs is 3. The standard InChI is InChI=1S/C11H10ClN3/c12-8-1-2-11-10(7-8)13-5-3-9-4-6-14-15(9)11/h1-2,4,6-7,13H,3,5H2. The van der Waals surface area contributed by atoms with Gasteiger partial charge in [-0.2, -0.15) is 5.10 Å². The van der Waals surface area contributed by atoms with Gasteiger partial charge in [0.05, 0.1) is 11.4 Å². The second-order valence-corrected chi connectivity index (χ2v) is 4.01. The molecule has 1 aliphatic rings. The number of nitrogens with one attached hydrogen (secondary N) is 1. The normalized spacial score (nSPS) is 13.7. The first-order chi connectivity index (χ1) is 7.34. The first-order valence-corrected chi connectivity index (χ1v) is 5.29. The van der Waals surface area contributed by atoms with Gasteiger partial charge in [-0.05, 0) is 24.3 Å². The van der Waals surface area contributed by atoms with E-state index < -0.39 is 0 Å².